The van der Waals surface area contributed by atoms with E-state index in [1.165, 1.54) is 10.9 Å². The smallest absolute Gasteiger partial charge is 0.329 e. The number of halogens is 3. The molecule has 0 aliphatic carbocycles. The Balaban J connectivity index is 0.000000512. The molecular weight excluding hydrogens is 473 g/mol. The molecule has 12 heteroatoms. The summed E-state index contributed by atoms with van der Waals surface area (Å²) >= 11 is 18.0. The molecule has 0 bridgehead atoms. The third kappa shape index (κ3) is 9.73. The second-order valence-corrected chi connectivity index (χ2v) is 7.05. The molecule has 1 aromatic carbocycles. The molecule has 0 spiro atoms. The number of carboxylic acids is 2. The van der Waals surface area contributed by atoms with Crippen molar-refractivity contribution >= 4 is 52.8 Å². The Morgan fingerprint density at radius 1 is 1.10 bits per heavy atom. The first-order valence-electron chi connectivity index (χ1n) is 8.84. The molecule has 31 heavy (non-hydrogen) atoms. The fourth-order valence-corrected chi connectivity index (χ4v) is 3.10. The highest BCUT2D eigenvalue weighted by Crippen LogP contribution is 2.35. The van der Waals surface area contributed by atoms with Crippen LogP contribution >= 0.6 is 34.8 Å². The zero-order valence-corrected chi connectivity index (χ0v) is 18.6. The Kier molecular flexibility index (Phi) is 11.5. The summed E-state index contributed by atoms with van der Waals surface area (Å²) in [5, 5.41) is 16.7. The van der Waals surface area contributed by atoms with Gasteiger partial charge in [-0.1, -0.05) is 41.7 Å². The largest absolute Gasteiger partial charge is 0.489 e. The minimum atomic E-state index is -1.26. The van der Waals surface area contributed by atoms with E-state index in [9.17, 15) is 14.4 Å². The standard InChI is InChI=1S/C15H16Cl3N3O2.C4H4O4/c1-2-4-20(15(22)21-5-3-19-10-21)6-7-23-14-12(17)8-11(16)9-13(14)18;5-3(6)1-2-4(7)8/h3,5,8-10H,2,4,6-7H2,1H3;1-2H,(H,5,6)(H,7,8)/b;2-1-. The van der Waals surface area contributed by atoms with Crippen molar-refractivity contribution in [1.29, 1.82) is 0 Å². The molecule has 0 radical (unpaired) electrons. The van der Waals surface area contributed by atoms with Crippen molar-refractivity contribution in [3.63, 3.8) is 0 Å². The van der Waals surface area contributed by atoms with Crippen LogP contribution < -0.4 is 4.74 Å². The minimum Gasteiger partial charge on any atom is -0.489 e. The first-order chi connectivity index (χ1) is 14.6. The summed E-state index contributed by atoms with van der Waals surface area (Å²) in [5.41, 5.74) is 0. The number of ether oxygens (including phenoxy) is 1. The van der Waals surface area contributed by atoms with Crippen LogP contribution in [-0.2, 0) is 9.59 Å². The van der Waals surface area contributed by atoms with Crippen molar-refractivity contribution in [2.45, 2.75) is 13.3 Å². The third-order valence-corrected chi connectivity index (χ3v) is 4.21. The monoisotopic (exact) mass is 491 g/mol. The fraction of sp³-hybridized carbons (Fsp3) is 0.263. The van der Waals surface area contributed by atoms with E-state index < -0.39 is 11.9 Å². The number of hydrogen-bond acceptors (Lipinski definition) is 5. The van der Waals surface area contributed by atoms with Crippen molar-refractivity contribution in [3.05, 3.63) is 58.1 Å². The molecule has 0 aliphatic rings. The lowest BCUT2D eigenvalue weighted by Crippen LogP contribution is -2.37. The molecular formula is C19H20Cl3N3O6. The van der Waals surface area contributed by atoms with Gasteiger partial charge in [-0.25, -0.2) is 19.4 Å². The molecule has 1 heterocycles. The zero-order chi connectivity index (χ0) is 23.4. The molecule has 1 aromatic heterocycles. The number of aliphatic carboxylic acids is 2. The second-order valence-electron chi connectivity index (χ2n) is 5.80. The average molecular weight is 493 g/mol. The van der Waals surface area contributed by atoms with Crippen LogP contribution in [0.5, 0.6) is 5.75 Å². The van der Waals surface area contributed by atoms with E-state index in [4.69, 9.17) is 49.8 Å². The number of aromatic nitrogens is 2. The molecule has 0 unspecified atom stereocenters. The molecule has 2 rings (SSSR count). The number of benzene rings is 1. The normalized spacial score (nSPS) is 10.3. The van der Waals surface area contributed by atoms with Crippen LogP contribution in [-0.4, -0.2) is 62.3 Å². The number of carboxylic acid groups (broad SMARTS) is 2. The maximum absolute atomic E-state index is 12.3. The lowest BCUT2D eigenvalue weighted by Gasteiger charge is -2.22. The number of carbonyl (C=O) groups is 3. The van der Waals surface area contributed by atoms with Crippen molar-refractivity contribution in [2.24, 2.45) is 0 Å². The van der Waals surface area contributed by atoms with E-state index in [0.717, 1.165) is 6.42 Å². The van der Waals surface area contributed by atoms with E-state index in [2.05, 4.69) is 4.98 Å². The van der Waals surface area contributed by atoms with Crippen LogP contribution in [0.4, 0.5) is 4.79 Å². The summed E-state index contributed by atoms with van der Waals surface area (Å²) in [4.78, 5) is 37.0. The SMILES string of the molecule is CCCN(CCOc1c(Cl)cc(Cl)cc1Cl)C(=O)n1ccnc1.O=C(O)/C=C\C(=O)O. The Morgan fingerprint density at radius 2 is 1.68 bits per heavy atom. The molecule has 2 N–H and O–H groups in total. The summed E-state index contributed by atoms with van der Waals surface area (Å²) in [5.74, 6) is -2.15. The van der Waals surface area contributed by atoms with Crippen molar-refractivity contribution in [2.75, 3.05) is 19.7 Å². The van der Waals surface area contributed by atoms with Gasteiger partial charge in [0.2, 0.25) is 0 Å². The highest BCUT2D eigenvalue weighted by molar-refractivity contribution is 6.40. The zero-order valence-electron chi connectivity index (χ0n) is 16.4. The lowest BCUT2D eigenvalue weighted by atomic mass is 10.3. The maximum Gasteiger partial charge on any atom is 0.329 e. The predicted molar refractivity (Wildman–Crippen MR) is 116 cm³/mol. The van der Waals surface area contributed by atoms with Gasteiger partial charge in [0, 0.05) is 36.1 Å². The summed E-state index contributed by atoms with van der Waals surface area (Å²) in [6, 6.07) is 2.97. The van der Waals surface area contributed by atoms with Crippen LogP contribution in [0.3, 0.4) is 0 Å². The molecule has 0 atom stereocenters. The first-order valence-corrected chi connectivity index (χ1v) is 9.97. The lowest BCUT2D eigenvalue weighted by molar-refractivity contribution is -0.134. The predicted octanol–water partition coefficient (Wildman–Crippen LogP) is 4.31. The molecule has 0 aliphatic heterocycles. The van der Waals surface area contributed by atoms with Crippen molar-refractivity contribution in [1.82, 2.24) is 14.5 Å². The van der Waals surface area contributed by atoms with Gasteiger partial charge in [-0.2, -0.15) is 0 Å². The number of imidazole rings is 1. The Hall–Kier alpha value is -2.75. The third-order valence-electron chi connectivity index (χ3n) is 3.43. The van der Waals surface area contributed by atoms with Crippen molar-refractivity contribution in [3.8, 4) is 5.75 Å². The van der Waals surface area contributed by atoms with Gasteiger partial charge in [0.1, 0.15) is 12.9 Å². The number of hydrogen-bond donors (Lipinski definition) is 2. The van der Waals surface area contributed by atoms with Crippen LogP contribution in [0.15, 0.2) is 43.0 Å². The number of rotatable bonds is 8. The molecule has 9 nitrogen and oxygen atoms in total. The Labute approximate surface area is 193 Å². The van der Waals surface area contributed by atoms with E-state index in [0.29, 0.717) is 46.1 Å². The first kappa shape index (κ1) is 26.3. The average Bonchev–Trinajstić information content (AvgIpc) is 3.22. The van der Waals surface area contributed by atoms with Gasteiger partial charge >= 0.3 is 18.0 Å². The molecule has 1 amide bonds. The second kappa shape index (κ2) is 13.5. The fourth-order valence-electron chi connectivity index (χ4n) is 2.18. The number of nitrogens with zero attached hydrogens (tertiary/aromatic N) is 3. The van der Waals surface area contributed by atoms with Gasteiger partial charge in [-0.15, -0.1) is 0 Å². The summed E-state index contributed by atoms with van der Waals surface area (Å²) in [7, 11) is 0. The Morgan fingerprint density at radius 3 is 2.13 bits per heavy atom. The van der Waals surface area contributed by atoms with Crippen LogP contribution in [0.2, 0.25) is 15.1 Å². The number of amides is 1. The molecule has 168 valence electrons. The van der Waals surface area contributed by atoms with Crippen LogP contribution in [0.25, 0.3) is 0 Å². The molecule has 0 saturated carbocycles. The van der Waals surface area contributed by atoms with E-state index in [-0.39, 0.29) is 12.6 Å². The maximum atomic E-state index is 12.3. The minimum absolute atomic E-state index is 0.152. The van der Waals surface area contributed by atoms with E-state index in [1.54, 1.807) is 29.4 Å². The van der Waals surface area contributed by atoms with Crippen molar-refractivity contribution < 1.29 is 29.3 Å². The van der Waals surface area contributed by atoms with Gasteiger partial charge in [0.25, 0.3) is 0 Å². The molecule has 2 aromatic rings. The highest BCUT2D eigenvalue weighted by Gasteiger charge is 2.15. The van der Waals surface area contributed by atoms with Gasteiger partial charge < -0.3 is 19.8 Å². The highest BCUT2D eigenvalue weighted by atomic mass is 35.5. The van der Waals surface area contributed by atoms with Crippen LogP contribution in [0.1, 0.15) is 13.3 Å². The van der Waals surface area contributed by atoms with Gasteiger partial charge in [-0.3, -0.25) is 4.57 Å². The van der Waals surface area contributed by atoms with E-state index in [1.807, 2.05) is 6.92 Å². The molecule has 0 fully saturated rings. The quantitative estimate of drug-likeness (QED) is 0.526. The van der Waals surface area contributed by atoms with Crippen LogP contribution in [0, 0.1) is 0 Å². The van der Waals surface area contributed by atoms with E-state index >= 15 is 0 Å². The molecule has 0 saturated heterocycles. The van der Waals surface area contributed by atoms with Gasteiger partial charge in [0.15, 0.2) is 5.75 Å². The Bertz CT molecular complexity index is 880. The van der Waals surface area contributed by atoms with Gasteiger partial charge in [0.05, 0.1) is 16.6 Å². The summed E-state index contributed by atoms with van der Waals surface area (Å²) in [6.07, 6.45) is 6.59. The summed E-state index contributed by atoms with van der Waals surface area (Å²) < 4.78 is 7.05. The topological polar surface area (TPSA) is 122 Å². The number of carbonyl (C=O) groups excluding carboxylic acids is 1. The summed E-state index contributed by atoms with van der Waals surface area (Å²) in [6.45, 7) is 3.28. The van der Waals surface area contributed by atoms with Gasteiger partial charge in [-0.05, 0) is 18.6 Å².